The average Bonchev–Trinajstić information content (AvgIpc) is 2.56. The highest BCUT2D eigenvalue weighted by atomic mass is 16.6. The van der Waals surface area contributed by atoms with Gasteiger partial charge >= 0.3 is 0 Å². The SMILES string of the molecule is CCC1(C)CCC(C)C(C)(CC)[N+]1([O])c1ccccc1C(N)=O. The lowest BCUT2D eigenvalue weighted by Crippen LogP contribution is -2.76. The van der Waals surface area contributed by atoms with Gasteiger partial charge in [-0.25, -0.2) is 0 Å². The van der Waals surface area contributed by atoms with Gasteiger partial charge in [0.1, 0.15) is 16.6 Å². The molecule has 2 N–H and O–H groups in total. The third kappa shape index (κ3) is 2.31. The predicted molar refractivity (Wildman–Crippen MR) is 93.2 cm³/mol. The number of amides is 1. The Morgan fingerprint density at radius 3 is 2.39 bits per heavy atom. The molecule has 4 unspecified atom stereocenters. The number of nitrogens with zero attached hydrogens (tertiary/aromatic N) is 1. The molecule has 0 saturated carbocycles. The van der Waals surface area contributed by atoms with E-state index in [1.54, 1.807) is 18.2 Å². The molecule has 23 heavy (non-hydrogen) atoms. The van der Waals surface area contributed by atoms with Crippen molar-refractivity contribution < 1.29 is 10.0 Å². The summed E-state index contributed by atoms with van der Waals surface area (Å²) >= 11 is 0. The first-order valence-electron chi connectivity index (χ1n) is 8.67. The molecule has 0 aliphatic carbocycles. The summed E-state index contributed by atoms with van der Waals surface area (Å²) < 4.78 is -0.465. The number of carbonyl (C=O) groups is 1. The van der Waals surface area contributed by atoms with Crippen molar-refractivity contribution in [2.75, 3.05) is 0 Å². The molecule has 127 valence electrons. The number of rotatable bonds is 4. The number of piperidine rings is 1. The van der Waals surface area contributed by atoms with Gasteiger partial charge in [0, 0.05) is 36.5 Å². The molecule has 4 atom stereocenters. The second-order valence-electron chi connectivity index (χ2n) is 7.49. The molecule has 1 fully saturated rings. The van der Waals surface area contributed by atoms with Crippen LogP contribution in [0.3, 0.4) is 0 Å². The second-order valence-corrected chi connectivity index (χ2v) is 7.49. The third-order valence-electron chi connectivity index (χ3n) is 6.64. The van der Waals surface area contributed by atoms with Crippen molar-refractivity contribution in [1.82, 2.24) is 4.65 Å². The highest BCUT2D eigenvalue weighted by Crippen LogP contribution is 2.53. The van der Waals surface area contributed by atoms with E-state index in [1.807, 2.05) is 6.07 Å². The molecule has 1 aromatic rings. The fourth-order valence-electron chi connectivity index (χ4n) is 4.42. The number of hydrogen-bond donors (Lipinski definition) is 1. The third-order valence-corrected chi connectivity index (χ3v) is 6.64. The number of benzene rings is 1. The summed E-state index contributed by atoms with van der Waals surface area (Å²) in [4.78, 5) is 12.0. The quantitative estimate of drug-likeness (QED) is 0.831. The highest BCUT2D eigenvalue weighted by molar-refractivity contribution is 5.98. The Kier molecular flexibility index (Phi) is 4.62. The Morgan fingerprint density at radius 2 is 1.87 bits per heavy atom. The minimum absolute atomic E-state index is 0.283. The van der Waals surface area contributed by atoms with Gasteiger partial charge in [-0.2, -0.15) is 0 Å². The van der Waals surface area contributed by atoms with Gasteiger partial charge in [0.05, 0.1) is 0 Å². The molecule has 1 radical (unpaired) electrons. The average molecular weight is 318 g/mol. The lowest BCUT2D eigenvalue weighted by Gasteiger charge is -2.58. The molecule has 0 bridgehead atoms. The van der Waals surface area contributed by atoms with Crippen LogP contribution in [0.1, 0.15) is 70.7 Å². The Bertz CT molecular complexity index is 603. The second kappa shape index (κ2) is 5.91. The van der Waals surface area contributed by atoms with Gasteiger partial charge in [-0.05, 0) is 26.3 Å². The maximum atomic E-state index is 14.6. The van der Waals surface area contributed by atoms with E-state index in [9.17, 15) is 10.0 Å². The molecule has 1 aliphatic heterocycles. The van der Waals surface area contributed by atoms with Crippen LogP contribution in [0.4, 0.5) is 5.69 Å². The number of hydroxylamine groups is 2. The topological polar surface area (TPSA) is 63.0 Å². The van der Waals surface area contributed by atoms with Crippen molar-refractivity contribution in [3.8, 4) is 0 Å². The lowest BCUT2D eigenvalue weighted by atomic mass is 9.68. The fourth-order valence-corrected chi connectivity index (χ4v) is 4.42. The minimum atomic E-state index is -0.524. The largest absolute Gasteiger partial charge is 0.365 e. The molecule has 0 spiro atoms. The summed E-state index contributed by atoms with van der Waals surface area (Å²) in [6, 6.07) is 7.09. The summed E-state index contributed by atoms with van der Waals surface area (Å²) in [5.74, 6) is -0.241. The molecule has 2 rings (SSSR count). The van der Waals surface area contributed by atoms with Crippen LogP contribution in [0.5, 0.6) is 0 Å². The van der Waals surface area contributed by atoms with E-state index < -0.39 is 21.6 Å². The molecule has 1 heterocycles. The van der Waals surface area contributed by atoms with Crippen molar-refractivity contribution in [1.29, 1.82) is 0 Å². The molecule has 4 heteroatoms. The molecule has 4 nitrogen and oxygen atoms in total. The van der Waals surface area contributed by atoms with Crippen molar-refractivity contribution in [2.45, 2.75) is 71.4 Å². The first-order valence-corrected chi connectivity index (χ1v) is 8.67. The van der Waals surface area contributed by atoms with Gasteiger partial charge in [0.25, 0.3) is 5.91 Å². The monoisotopic (exact) mass is 318 g/mol. The van der Waals surface area contributed by atoms with Crippen molar-refractivity contribution in [3.05, 3.63) is 29.8 Å². The first kappa shape index (κ1) is 18.0. The van der Waals surface area contributed by atoms with E-state index in [-0.39, 0.29) is 5.92 Å². The van der Waals surface area contributed by atoms with E-state index in [0.29, 0.717) is 11.3 Å². The Balaban J connectivity index is 2.81. The Morgan fingerprint density at radius 1 is 1.26 bits per heavy atom. The van der Waals surface area contributed by atoms with Crippen LogP contribution in [-0.2, 0) is 5.21 Å². The van der Waals surface area contributed by atoms with Gasteiger partial charge in [0.2, 0.25) is 0 Å². The molecule has 1 aromatic carbocycles. The zero-order valence-corrected chi connectivity index (χ0v) is 15.1. The molecule has 1 aliphatic rings. The lowest BCUT2D eigenvalue weighted by molar-refractivity contribution is -0.296. The number of primary amides is 1. The number of nitrogens with two attached hydrogens (primary N) is 1. The highest BCUT2D eigenvalue weighted by Gasteiger charge is 2.66. The van der Waals surface area contributed by atoms with E-state index in [1.165, 1.54) is 0 Å². The van der Waals surface area contributed by atoms with E-state index in [0.717, 1.165) is 25.7 Å². The molecule has 1 saturated heterocycles. The van der Waals surface area contributed by atoms with Gasteiger partial charge < -0.3 is 5.73 Å². The van der Waals surface area contributed by atoms with E-state index in [4.69, 9.17) is 5.73 Å². The van der Waals surface area contributed by atoms with Crippen LogP contribution in [0, 0.1) is 5.92 Å². The van der Waals surface area contributed by atoms with Crippen LogP contribution in [0.25, 0.3) is 0 Å². The van der Waals surface area contributed by atoms with Crippen LogP contribution >= 0.6 is 0 Å². The standard InChI is InChI=1S/C19H30N2O2/c1-6-18(4)13-12-14(3)19(5,7-2)21(18,23)16-11-9-8-10-15(16)17(20)22/h8-11,14H,6-7,12-13H2,1-5H3,(H2,20,22)/q+1. The van der Waals surface area contributed by atoms with Gasteiger partial charge in [0.15, 0.2) is 5.69 Å². The maximum Gasteiger partial charge on any atom is 0.254 e. The molecular weight excluding hydrogens is 288 g/mol. The fraction of sp³-hybridized carbons (Fsp3) is 0.632. The predicted octanol–water partition coefficient (Wildman–Crippen LogP) is 4.21. The first-order chi connectivity index (χ1) is 10.7. The van der Waals surface area contributed by atoms with Gasteiger partial charge in [-0.15, -0.1) is 0 Å². The summed E-state index contributed by atoms with van der Waals surface area (Å²) in [7, 11) is 0. The Labute approximate surface area is 139 Å². The van der Waals surface area contributed by atoms with Crippen LogP contribution in [0.15, 0.2) is 24.3 Å². The van der Waals surface area contributed by atoms with Crippen molar-refractivity contribution >= 4 is 11.6 Å². The summed E-state index contributed by atoms with van der Waals surface area (Å²) in [5.41, 5.74) is 5.54. The molecule has 0 aromatic heterocycles. The van der Waals surface area contributed by atoms with E-state index >= 15 is 0 Å². The number of hydrogen-bond acceptors (Lipinski definition) is 1. The molecule has 1 amide bonds. The summed E-state index contributed by atoms with van der Waals surface area (Å²) in [6.45, 7) is 10.5. The zero-order valence-electron chi connectivity index (χ0n) is 15.1. The zero-order chi connectivity index (χ0) is 17.5. The minimum Gasteiger partial charge on any atom is -0.365 e. The number of para-hydroxylation sites is 1. The summed E-state index contributed by atoms with van der Waals surface area (Å²) in [5, 5.41) is 14.6. The van der Waals surface area contributed by atoms with Crippen LogP contribution in [-0.4, -0.2) is 17.0 Å². The number of carbonyl (C=O) groups excluding carboxylic acids is 1. The van der Waals surface area contributed by atoms with Crippen LogP contribution in [0.2, 0.25) is 0 Å². The van der Waals surface area contributed by atoms with E-state index in [2.05, 4.69) is 34.6 Å². The summed E-state index contributed by atoms with van der Waals surface area (Å²) in [6.07, 6.45) is 3.43. The Hall–Kier alpha value is -1.39. The van der Waals surface area contributed by atoms with Crippen LogP contribution < -0.4 is 10.4 Å². The number of quaternary nitrogens is 1. The van der Waals surface area contributed by atoms with Gasteiger partial charge in [-0.3, -0.25) is 4.79 Å². The maximum absolute atomic E-state index is 14.6. The van der Waals surface area contributed by atoms with Crippen molar-refractivity contribution in [2.24, 2.45) is 11.7 Å². The molecular formula is C19H30N2O2+. The van der Waals surface area contributed by atoms with Gasteiger partial charge in [-0.1, -0.05) is 37.6 Å². The normalized spacial score (nSPS) is 37.6. The van der Waals surface area contributed by atoms with Crippen molar-refractivity contribution in [3.63, 3.8) is 0 Å². The smallest absolute Gasteiger partial charge is 0.254 e.